The first-order valence-corrected chi connectivity index (χ1v) is 8.65. The molecule has 0 radical (unpaired) electrons. The Labute approximate surface area is 141 Å². The summed E-state index contributed by atoms with van der Waals surface area (Å²) < 4.78 is 36.7. The van der Waals surface area contributed by atoms with E-state index >= 15 is 0 Å². The highest BCUT2D eigenvalue weighted by atomic mass is 32.2. The molecule has 0 aliphatic heterocycles. The lowest BCUT2D eigenvalue weighted by Gasteiger charge is -2.17. The summed E-state index contributed by atoms with van der Waals surface area (Å²) in [4.78, 5) is 0.198. The minimum absolute atomic E-state index is 0.198. The highest BCUT2D eigenvalue weighted by Crippen LogP contribution is 2.18. The van der Waals surface area contributed by atoms with Gasteiger partial charge < -0.3 is 9.47 Å². The Morgan fingerprint density at radius 2 is 1.62 bits per heavy atom. The molecule has 2 aromatic carbocycles. The predicted octanol–water partition coefficient (Wildman–Crippen LogP) is 2.27. The topological polar surface area (TPSA) is 79.6 Å². The molecule has 0 heterocycles. The number of likely N-dealkylation sites (N-methyl/N-ethyl adjacent to an activating group) is 1. The number of sulfonamides is 1. The van der Waals surface area contributed by atoms with Crippen LogP contribution in [0.1, 0.15) is 5.56 Å². The third-order valence-electron chi connectivity index (χ3n) is 3.43. The van der Waals surface area contributed by atoms with Gasteiger partial charge in [-0.25, -0.2) is 8.42 Å². The molecule has 0 atom stereocenters. The van der Waals surface area contributed by atoms with Crippen molar-refractivity contribution in [2.75, 3.05) is 27.3 Å². The Balaban J connectivity index is 1.94. The Hall–Kier alpha value is -2.56. The molecule has 0 bridgehead atoms. The molecule has 0 saturated carbocycles. The third kappa shape index (κ3) is 4.25. The SMILES string of the molecule is COc1ccc(S(=O)(=O)N(C)CCOc2ccc(C#N)cc2)cc1. The van der Waals surface area contributed by atoms with E-state index in [1.807, 2.05) is 6.07 Å². The molecule has 6 nitrogen and oxygen atoms in total. The molecule has 0 aliphatic rings. The monoisotopic (exact) mass is 346 g/mol. The lowest BCUT2D eigenvalue weighted by atomic mass is 10.2. The van der Waals surface area contributed by atoms with Gasteiger partial charge in [-0.3, -0.25) is 0 Å². The Kier molecular flexibility index (Phi) is 5.79. The normalized spacial score (nSPS) is 11.1. The summed E-state index contributed by atoms with van der Waals surface area (Å²) >= 11 is 0. The molecular formula is C17H18N2O4S. The van der Waals surface area contributed by atoms with Gasteiger partial charge in [-0.15, -0.1) is 0 Å². The van der Waals surface area contributed by atoms with Crippen LogP contribution in [0.25, 0.3) is 0 Å². The van der Waals surface area contributed by atoms with Crippen LogP contribution >= 0.6 is 0 Å². The zero-order valence-corrected chi connectivity index (χ0v) is 14.3. The van der Waals surface area contributed by atoms with E-state index in [4.69, 9.17) is 14.7 Å². The molecule has 0 fully saturated rings. The van der Waals surface area contributed by atoms with Crippen LogP contribution in [0.15, 0.2) is 53.4 Å². The number of methoxy groups -OCH3 is 1. The van der Waals surface area contributed by atoms with Crippen molar-refractivity contribution in [1.29, 1.82) is 5.26 Å². The van der Waals surface area contributed by atoms with Gasteiger partial charge in [0.15, 0.2) is 0 Å². The zero-order valence-electron chi connectivity index (χ0n) is 13.5. The molecule has 2 aromatic rings. The molecule has 0 aliphatic carbocycles. The molecule has 0 aromatic heterocycles. The van der Waals surface area contributed by atoms with Gasteiger partial charge >= 0.3 is 0 Å². The van der Waals surface area contributed by atoms with E-state index in [-0.39, 0.29) is 18.0 Å². The molecular weight excluding hydrogens is 328 g/mol. The second-order valence-electron chi connectivity index (χ2n) is 4.99. The van der Waals surface area contributed by atoms with Crippen LogP contribution in [-0.2, 0) is 10.0 Å². The first kappa shape index (κ1) is 17.8. The fourth-order valence-corrected chi connectivity index (χ4v) is 3.12. The maximum absolute atomic E-state index is 12.5. The minimum atomic E-state index is -3.57. The Morgan fingerprint density at radius 1 is 1.04 bits per heavy atom. The largest absolute Gasteiger partial charge is 0.497 e. The summed E-state index contributed by atoms with van der Waals surface area (Å²) in [5.74, 6) is 1.19. The van der Waals surface area contributed by atoms with E-state index in [1.165, 1.54) is 30.6 Å². The second kappa shape index (κ2) is 7.81. The van der Waals surface area contributed by atoms with Crippen LogP contribution in [-0.4, -0.2) is 40.0 Å². The smallest absolute Gasteiger partial charge is 0.242 e. The highest BCUT2D eigenvalue weighted by Gasteiger charge is 2.20. The van der Waals surface area contributed by atoms with Crippen LogP contribution in [0.5, 0.6) is 11.5 Å². The maximum atomic E-state index is 12.5. The van der Waals surface area contributed by atoms with Crippen LogP contribution < -0.4 is 9.47 Å². The lowest BCUT2D eigenvalue weighted by Crippen LogP contribution is -2.31. The summed E-state index contributed by atoms with van der Waals surface area (Å²) in [6, 6.07) is 14.9. The fraction of sp³-hybridized carbons (Fsp3) is 0.235. The average Bonchev–Trinajstić information content (AvgIpc) is 2.62. The maximum Gasteiger partial charge on any atom is 0.242 e. The van der Waals surface area contributed by atoms with Gasteiger partial charge in [0.1, 0.15) is 18.1 Å². The summed E-state index contributed by atoms with van der Waals surface area (Å²) in [7, 11) is -0.549. The highest BCUT2D eigenvalue weighted by molar-refractivity contribution is 7.89. The first-order chi connectivity index (χ1) is 11.5. The zero-order chi connectivity index (χ0) is 17.6. The van der Waals surface area contributed by atoms with Crippen molar-refractivity contribution in [3.8, 4) is 17.6 Å². The molecule has 2 rings (SSSR count). The van der Waals surface area contributed by atoms with Crippen LogP contribution in [0.3, 0.4) is 0 Å². The standard InChI is InChI=1S/C17H18N2O4S/c1-19(11-12-23-16-5-3-14(13-18)4-6-16)24(20,21)17-9-7-15(22-2)8-10-17/h3-10H,11-12H2,1-2H3. The van der Waals surface area contributed by atoms with Crippen LogP contribution in [0.4, 0.5) is 0 Å². The van der Waals surface area contributed by atoms with Gasteiger partial charge in [-0.1, -0.05) is 0 Å². The number of benzene rings is 2. The van der Waals surface area contributed by atoms with E-state index in [2.05, 4.69) is 0 Å². The average molecular weight is 346 g/mol. The third-order valence-corrected chi connectivity index (χ3v) is 5.30. The van der Waals surface area contributed by atoms with E-state index in [9.17, 15) is 8.42 Å². The summed E-state index contributed by atoms with van der Waals surface area (Å²) in [6.07, 6.45) is 0. The molecule has 0 N–H and O–H groups in total. The fourth-order valence-electron chi connectivity index (χ4n) is 1.97. The molecule has 0 amide bonds. The van der Waals surface area contributed by atoms with Crippen molar-refractivity contribution in [3.05, 3.63) is 54.1 Å². The summed E-state index contributed by atoms with van der Waals surface area (Å²) in [6.45, 7) is 0.409. The number of hydrogen-bond acceptors (Lipinski definition) is 5. The van der Waals surface area contributed by atoms with Crippen molar-refractivity contribution in [3.63, 3.8) is 0 Å². The molecule has 24 heavy (non-hydrogen) atoms. The molecule has 7 heteroatoms. The Bertz CT molecular complexity index is 809. The Morgan fingerprint density at radius 3 is 2.17 bits per heavy atom. The van der Waals surface area contributed by atoms with Gasteiger partial charge in [0.05, 0.1) is 23.6 Å². The van der Waals surface area contributed by atoms with Gasteiger partial charge in [0.25, 0.3) is 0 Å². The van der Waals surface area contributed by atoms with Crippen LogP contribution in [0, 0.1) is 11.3 Å². The molecule has 126 valence electrons. The number of ether oxygens (including phenoxy) is 2. The minimum Gasteiger partial charge on any atom is -0.497 e. The van der Waals surface area contributed by atoms with Crippen molar-refractivity contribution >= 4 is 10.0 Å². The predicted molar refractivity (Wildman–Crippen MR) is 89.5 cm³/mol. The molecule has 0 saturated heterocycles. The van der Waals surface area contributed by atoms with Gasteiger partial charge in [-0.2, -0.15) is 9.57 Å². The lowest BCUT2D eigenvalue weighted by molar-refractivity contribution is 0.287. The van der Waals surface area contributed by atoms with Crippen molar-refractivity contribution in [1.82, 2.24) is 4.31 Å². The van der Waals surface area contributed by atoms with Crippen molar-refractivity contribution in [2.24, 2.45) is 0 Å². The summed E-state index contributed by atoms with van der Waals surface area (Å²) in [5.41, 5.74) is 0.543. The van der Waals surface area contributed by atoms with Crippen molar-refractivity contribution < 1.29 is 17.9 Å². The first-order valence-electron chi connectivity index (χ1n) is 7.20. The molecule has 0 spiro atoms. The number of nitrogens with zero attached hydrogens (tertiary/aromatic N) is 2. The number of rotatable bonds is 7. The van der Waals surface area contributed by atoms with Crippen LogP contribution in [0.2, 0.25) is 0 Å². The van der Waals surface area contributed by atoms with Gasteiger partial charge in [0.2, 0.25) is 10.0 Å². The quantitative estimate of drug-likeness (QED) is 0.768. The van der Waals surface area contributed by atoms with E-state index < -0.39 is 10.0 Å². The number of nitriles is 1. The van der Waals surface area contributed by atoms with Crippen molar-refractivity contribution in [2.45, 2.75) is 4.90 Å². The molecule has 0 unspecified atom stereocenters. The van der Waals surface area contributed by atoms with E-state index in [0.29, 0.717) is 17.1 Å². The number of hydrogen-bond donors (Lipinski definition) is 0. The second-order valence-corrected chi connectivity index (χ2v) is 7.03. The van der Waals surface area contributed by atoms with E-state index in [0.717, 1.165) is 0 Å². The summed E-state index contributed by atoms with van der Waals surface area (Å²) in [5, 5.41) is 8.74. The van der Waals surface area contributed by atoms with Gasteiger partial charge in [0, 0.05) is 13.6 Å². The van der Waals surface area contributed by atoms with Gasteiger partial charge in [-0.05, 0) is 48.5 Å². The van der Waals surface area contributed by atoms with E-state index in [1.54, 1.807) is 36.4 Å².